The van der Waals surface area contributed by atoms with Crippen molar-refractivity contribution in [1.82, 2.24) is 16.0 Å². The third kappa shape index (κ3) is 9.82. The van der Waals surface area contributed by atoms with E-state index in [0.717, 1.165) is 0 Å². The van der Waals surface area contributed by atoms with Crippen LogP contribution in [0.25, 0.3) is 0 Å². The molecule has 0 radical (unpaired) electrons. The summed E-state index contributed by atoms with van der Waals surface area (Å²) in [5, 5.41) is 24.8. The molecule has 0 aliphatic heterocycles. The molecule has 9 N–H and O–H groups in total. The smallest absolute Gasteiger partial charge is 0.326 e. The van der Waals surface area contributed by atoms with Crippen molar-refractivity contribution < 1.29 is 39.0 Å². The van der Waals surface area contributed by atoms with Gasteiger partial charge in [-0.25, -0.2) is 4.79 Å². The third-order valence-corrected chi connectivity index (χ3v) is 3.97. The van der Waals surface area contributed by atoms with Crippen molar-refractivity contribution in [2.24, 2.45) is 17.4 Å². The highest BCUT2D eigenvalue weighted by molar-refractivity contribution is 5.95. The molecule has 13 heteroatoms. The van der Waals surface area contributed by atoms with E-state index < -0.39 is 72.1 Å². The predicted octanol–water partition coefficient (Wildman–Crippen LogP) is -2.73. The number of primary amides is 1. The Kier molecular flexibility index (Phi) is 11.0. The van der Waals surface area contributed by atoms with Crippen LogP contribution in [0.5, 0.6) is 0 Å². The fourth-order valence-electron chi connectivity index (χ4n) is 2.28. The number of aliphatic carboxylic acids is 2. The predicted molar refractivity (Wildman–Crippen MR) is 103 cm³/mol. The normalized spacial score (nSPS) is 14.7. The van der Waals surface area contributed by atoms with E-state index >= 15 is 0 Å². The fourth-order valence-corrected chi connectivity index (χ4v) is 2.28. The molecule has 30 heavy (non-hydrogen) atoms. The number of amides is 4. The zero-order chi connectivity index (χ0) is 23.6. The van der Waals surface area contributed by atoms with Crippen molar-refractivity contribution >= 4 is 35.6 Å². The minimum absolute atomic E-state index is 0.266. The molecule has 170 valence electrons. The lowest BCUT2D eigenvalue weighted by molar-refractivity contribution is -0.144. The molecule has 0 fully saturated rings. The van der Waals surface area contributed by atoms with Gasteiger partial charge in [0, 0.05) is 6.42 Å². The van der Waals surface area contributed by atoms with Crippen LogP contribution in [0, 0.1) is 5.92 Å². The molecule has 0 aliphatic rings. The number of rotatable bonds is 13. The number of nitrogens with two attached hydrogens (primary N) is 2. The molecular weight excluding hydrogens is 402 g/mol. The van der Waals surface area contributed by atoms with Gasteiger partial charge in [0.05, 0.1) is 12.5 Å². The first-order chi connectivity index (χ1) is 13.8. The second-order valence-electron chi connectivity index (χ2n) is 7.08. The molecule has 4 atom stereocenters. The van der Waals surface area contributed by atoms with Gasteiger partial charge in [-0.2, -0.15) is 0 Å². The molecular formula is C17H29N5O8. The summed E-state index contributed by atoms with van der Waals surface area (Å²) in [4.78, 5) is 70.2. The third-order valence-electron chi connectivity index (χ3n) is 3.97. The van der Waals surface area contributed by atoms with E-state index in [4.69, 9.17) is 16.6 Å². The Balaban J connectivity index is 5.51. The summed E-state index contributed by atoms with van der Waals surface area (Å²) in [6.45, 7) is 4.44. The van der Waals surface area contributed by atoms with Gasteiger partial charge < -0.3 is 37.6 Å². The van der Waals surface area contributed by atoms with Crippen LogP contribution in [0.3, 0.4) is 0 Å². The quantitative estimate of drug-likeness (QED) is 0.160. The van der Waals surface area contributed by atoms with Gasteiger partial charge in [-0.05, 0) is 19.3 Å². The lowest BCUT2D eigenvalue weighted by Gasteiger charge is -2.25. The highest BCUT2D eigenvalue weighted by atomic mass is 16.4. The number of carbonyl (C=O) groups is 6. The molecule has 0 rings (SSSR count). The van der Waals surface area contributed by atoms with Crippen molar-refractivity contribution in [3.63, 3.8) is 0 Å². The average molecular weight is 431 g/mol. The van der Waals surface area contributed by atoms with Crippen LogP contribution in [-0.2, 0) is 28.8 Å². The molecule has 0 saturated heterocycles. The van der Waals surface area contributed by atoms with E-state index in [-0.39, 0.29) is 12.8 Å². The molecule has 13 nitrogen and oxygen atoms in total. The summed E-state index contributed by atoms with van der Waals surface area (Å²) in [6, 6.07) is -5.23. The second-order valence-corrected chi connectivity index (χ2v) is 7.08. The molecule has 4 unspecified atom stereocenters. The Morgan fingerprint density at radius 1 is 0.833 bits per heavy atom. The van der Waals surface area contributed by atoms with Crippen LogP contribution in [0.2, 0.25) is 0 Å². The summed E-state index contributed by atoms with van der Waals surface area (Å²) in [5.74, 6) is -6.67. The lowest BCUT2D eigenvalue weighted by Crippen LogP contribution is -2.57. The van der Waals surface area contributed by atoms with Gasteiger partial charge in [-0.1, -0.05) is 13.8 Å². The second kappa shape index (κ2) is 12.4. The highest BCUT2D eigenvalue weighted by Gasteiger charge is 2.31. The molecule has 0 heterocycles. The Morgan fingerprint density at radius 2 is 1.33 bits per heavy atom. The maximum absolute atomic E-state index is 12.5. The molecule has 0 spiro atoms. The van der Waals surface area contributed by atoms with Crippen molar-refractivity contribution in [2.45, 2.75) is 64.2 Å². The Hall–Kier alpha value is -3.22. The maximum Gasteiger partial charge on any atom is 0.326 e. The number of carboxylic acids is 2. The average Bonchev–Trinajstić information content (AvgIpc) is 2.60. The van der Waals surface area contributed by atoms with Crippen LogP contribution < -0.4 is 27.4 Å². The zero-order valence-corrected chi connectivity index (χ0v) is 17.0. The Bertz CT molecular complexity index is 679. The van der Waals surface area contributed by atoms with Gasteiger partial charge in [-0.15, -0.1) is 0 Å². The van der Waals surface area contributed by atoms with E-state index in [1.54, 1.807) is 13.8 Å². The topological polar surface area (TPSA) is 231 Å². The van der Waals surface area contributed by atoms with Crippen LogP contribution >= 0.6 is 0 Å². The van der Waals surface area contributed by atoms with Crippen LogP contribution in [0.1, 0.15) is 40.0 Å². The summed E-state index contributed by atoms with van der Waals surface area (Å²) in [6.07, 6.45) is -1.37. The fraction of sp³-hybridized carbons (Fsp3) is 0.647. The molecule has 0 aromatic carbocycles. The summed E-state index contributed by atoms with van der Waals surface area (Å²) in [5.41, 5.74) is 10.5. The summed E-state index contributed by atoms with van der Waals surface area (Å²) in [7, 11) is 0. The van der Waals surface area contributed by atoms with Gasteiger partial charge in [0.1, 0.15) is 18.1 Å². The number of carbonyl (C=O) groups excluding carboxylic acids is 4. The van der Waals surface area contributed by atoms with Gasteiger partial charge in [0.25, 0.3) is 0 Å². The minimum Gasteiger partial charge on any atom is -0.481 e. The largest absolute Gasteiger partial charge is 0.481 e. The first-order valence-corrected chi connectivity index (χ1v) is 9.15. The number of hydrogen-bond acceptors (Lipinski definition) is 7. The van der Waals surface area contributed by atoms with Crippen LogP contribution in [-0.4, -0.2) is 69.9 Å². The first-order valence-electron chi connectivity index (χ1n) is 9.15. The van der Waals surface area contributed by atoms with E-state index in [9.17, 15) is 33.9 Å². The molecule has 0 aromatic rings. The molecule has 0 aliphatic carbocycles. The lowest BCUT2D eigenvalue weighted by atomic mass is 10.0. The minimum atomic E-state index is -1.55. The van der Waals surface area contributed by atoms with E-state index in [1.807, 2.05) is 0 Å². The SMILES string of the molecule is CC(N)C(=O)NC(CC(=O)O)C(=O)NC(CCC(N)=O)C(=O)NC(C(=O)O)C(C)C. The molecule has 0 bridgehead atoms. The van der Waals surface area contributed by atoms with E-state index in [1.165, 1.54) is 6.92 Å². The Morgan fingerprint density at radius 3 is 1.73 bits per heavy atom. The number of nitrogens with one attached hydrogen (secondary N) is 3. The van der Waals surface area contributed by atoms with Crippen molar-refractivity contribution in [3.05, 3.63) is 0 Å². The Labute approximate surface area is 172 Å². The van der Waals surface area contributed by atoms with Crippen LogP contribution in [0.15, 0.2) is 0 Å². The van der Waals surface area contributed by atoms with Gasteiger partial charge in [-0.3, -0.25) is 24.0 Å². The maximum atomic E-state index is 12.5. The van der Waals surface area contributed by atoms with E-state index in [2.05, 4.69) is 16.0 Å². The number of hydrogen-bond donors (Lipinski definition) is 7. The van der Waals surface area contributed by atoms with Gasteiger partial charge >= 0.3 is 11.9 Å². The molecule has 0 saturated carbocycles. The van der Waals surface area contributed by atoms with Gasteiger partial charge in [0.15, 0.2) is 0 Å². The zero-order valence-electron chi connectivity index (χ0n) is 17.0. The molecule has 4 amide bonds. The van der Waals surface area contributed by atoms with Crippen molar-refractivity contribution in [2.75, 3.05) is 0 Å². The van der Waals surface area contributed by atoms with Gasteiger partial charge in [0.2, 0.25) is 23.6 Å². The monoisotopic (exact) mass is 431 g/mol. The first kappa shape index (κ1) is 26.8. The summed E-state index contributed by atoms with van der Waals surface area (Å²) >= 11 is 0. The van der Waals surface area contributed by atoms with Crippen LogP contribution in [0.4, 0.5) is 0 Å². The van der Waals surface area contributed by atoms with Crippen molar-refractivity contribution in [3.8, 4) is 0 Å². The van der Waals surface area contributed by atoms with Crippen molar-refractivity contribution in [1.29, 1.82) is 0 Å². The summed E-state index contributed by atoms with van der Waals surface area (Å²) < 4.78 is 0. The standard InChI is InChI=1S/C17H29N5O8/c1-7(2)13(17(29)30)22-15(27)9(4-5-11(19)23)20-16(28)10(6-12(24)25)21-14(26)8(3)18/h7-10,13H,4-6,18H2,1-3H3,(H2,19,23)(H,20,28)(H,21,26)(H,22,27)(H,24,25)(H,29,30). The highest BCUT2D eigenvalue weighted by Crippen LogP contribution is 2.06. The van der Waals surface area contributed by atoms with E-state index in [0.29, 0.717) is 0 Å². The molecule has 0 aromatic heterocycles. The number of carboxylic acid groups (broad SMARTS) is 2.